The second-order valence-corrected chi connectivity index (χ2v) is 15.0. The van der Waals surface area contributed by atoms with Crippen LogP contribution in [0.15, 0.2) is 121 Å². The summed E-state index contributed by atoms with van der Waals surface area (Å²) in [6, 6.07) is 16.2. The Kier molecular flexibility index (Phi) is 10.4. The molecule has 0 radical (unpaired) electrons. The number of azo groups is 1. The molecule has 6 rings (SSSR count). The molecule has 56 heavy (non-hydrogen) atoms. The van der Waals surface area contributed by atoms with Crippen molar-refractivity contribution in [1.82, 2.24) is 0 Å². The van der Waals surface area contributed by atoms with Gasteiger partial charge in [0.2, 0.25) is 5.78 Å². The molecule has 0 amide bonds. The number of hydrogen-bond acceptors (Lipinski definition) is 15. The number of hydrogen-bond donors (Lipinski definition) is 5. The van der Waals surface area contributed by atoms with E-state index in [0.717, 1.165) is 46.7 Å². The molecule has 0 saturated carbocycles. The Morgan fingerprint density at radius 1 is 0.750 bits per heavy atom. The summed E-state index contributed by atoms with van der Waals surface area (Å²) in [5.74, 6) is -1.27. The Hall–Kier alpha value is -7.00. The van der Waals surface area contributed by atoms with Gasteiger partial charge in [-0.3, -0.25) is 39.7 Å². The maximum atomic E-state index is 13.9. The van der Waals surface area contributed by atoms with Crippen LogP contribution in [0, 0.1) is 24.0 Å². The van der Waals surface area contributed by atoms with E-state index in [4.69, 9.17) is 5.73 Å². The van der Waals surface area contributed by atoms with Crippen molar-refractivity contribution in [3.63, 3.8) is 0 Å². The van der Waals surface area contributed by atoms with Crippen LogP contribution in [0.25, 0.3) is 17.2 Å². The first-order chi connectivity index (χ1) is 26.4. The number of ketones is 2. The molecule has 6 N–H and O–H groups in total. The number of Topliss-reactive ketones (excluding diaryl/α,β-unsaturated/α-hetero) is 1. The molecular formula is C36H28N8O10S2. The van der Waals surface area contributed by atoms with E-state index in [1.807, 2.05) is 31.2 Å². The van der Waals surface area contributed by atoms with Crippen LogP contribution in [0.4, 0.5) is 34.1 Å². The predicted octanol–water partition coefficient (Wildman–Crippen LogP) is 6.48. The Morgan fingerprint density at radius 3 is 1.84 bits per heavy atom. The molecule has 2 aliphatic carbocycles. The van der Waals surface area contributed by atoms with E-state index < -0.39 is 69.0 Å². The molecule has 0 aromatic heterocycles. The lowest BCUT2D eigenvalue weighted by Gasteiger charge is -2.20. The molecule has 0 aliphatic heterocycles. The molecular weight excluding hydrogens is 769 g/mol. The van der Waals surface area contributed by atoms with Crippen molar-refractivity contribution >= 4 is 83.4 Å². The molecule has 284 valence electrons. The van der Waals surface area contributed by atoms with E-state index in [1.54, 1.807) is 31.2 Å². The molecule has 0 spiro atoms. The van der Waals surface area contributed by atoms with E-state index in [0.29, 0.717) is 17.0 Å². The van der Waals surface area contributed by atoms with Crippen LogP contribution in [0.2, 0.25) is 0 Å². The largest absolute Gasteiger partial charge is 0.396 e. The summed E-state index contributed by atoms with van der Waals surface area (Å²) >= 11 is 0. The highest BCUT2D eigenvalue weighted by atomic mass is 32.2. The maximum absolute atomic E-state index is 13.9. The number of aryl methyl sites for hydroxylation is 2. The Bertz CT molecular complexity index is 2770. The maximum Gasteiger partial charge on any atom is 0.296 e. The van der Waals surface area contributed by atoms with Gasteiger partial charge in [0.1, 0.15) is 15.5 Å². The summed E-state index contributed by atoms with van der Waals surface area (Å²) < 4.78 is 69.8. The second kappa shape index (κ2) is 15.0. The van der Waals surface area contributed by atoms with Gasteiger partial charge in [-0.1, -0.05) is 12.1 Å². The molecule has 0 bridgehead atoms. The van der Waals surface area contributed by atoms with Gasteiger partial charge in [0, 0.05) is 12.1 Å². The summed E-state index contributed by atoms with van der Waals surface area (Å²) in [5, 5.41) is 26.9. The van der Waals surface area contributed by atoms with E-state index in [1.165, 1.54) is 24.3 Å². The fraction of sp³-hybridized carbons (Fsp3) is 0.0556. The molecule has 4 aromatic carbocycles. The Morgan fingerprint density at radius 2 is 1.32 bits per heavy atom. The summed E-state index contributed by atoms with van der Waals surface area (Å²) in [4.78, 5) is 33.6. The molecule has 20 heteroatoms. The first kappa shape index (κ1) is 38.7. The normalized spacial score (nSPS) is 14.9. The number of nitrogens with two attached hydrogens (primary N) is 1. The number of nitrogen functional groups attached to an aromatic ring is 1. The van der Waals surface area contributed by atoms with Crippen molar-refractivity contribution in [2.75, 3.05) is 16.6 Å². The average molecular weight is 797 g/mol. The third-order valence-electron chi connectivity index (χ3n) is 8.39. The van der Waals surface area contributed by atoms with E-state index in [9.17, 15) is 45.6 Å². The lowest BCUT2D eigenvalue weighted by atomic mass is 9.92. The molecule has 0 saturated heterocycles. The zero-order chi connectivity index (χ0) is 40.5. The number of nitro benzene ring substituents is 1. The lowest BCUT2D eigenvalue weighted by molar-refractivity contribution is -0.384. The minimum absolute atomic E-state index is 0.0158. The Balaban J connectivity index is 1.31. The number of rotatable bonds is 10. The molecule has 0 atom stereocenters. The smallest absolute Gasteiger partial charge is 0.296 e. The zero-order valence-corrected chi connectivity index (χ0v) is 30.7. The number of nitrogens with one attached hydrogen (secondary N) is 2. The summed E-state index contributed by atoms with van der Waals surface area (Å²) in [6.45, 7) is 3.62. The first-order valence-electron chi connectivity index (χ1n) is 16.0. The summed E-state index contributed by atoms with van der Waals surface area (Å²) in [7, 11) is -10.3. The first-order valence-corrected chi connectivity index (χ1v) is 18.9. The number of carbonyl (C=O) groups excluding carboxylic acids is 2. The van der Waals surface area contributed by atoms with Crippen LogP contribution >= 0.6 is 0 Å². The fourth-order valence-corrected chi connectivity index (χ4v) is 6.88. The van der Waals surface area contributed by atoms with Crippen molar-refractivity contribution < 1.29 is 40.5 Å². The van der Waals surface area contributed by atoms with Crippen LogP contribution < -0.4 is 16.6 Å². The lowest BCUT2D eigenvalue weighted by Crippen LogP contribution is -2.28. The van der Waals surface area contributed by atoms with Crippen LogP contribution in [0.3, 0.4) is 0 Å². The van der Waals surface area contributed by atoms with Crippen molar-refractivity contribution in [2.24, 2.45) is 20.4 Å². The SMILES string of the molecule is Cc1cc(-c2ccc(NN=C3C(=O)c4c(cc(S(=O)(=O)O)c(N=Nc5ccc([N+](=O)[O-])cc5)c4N)C=C3S(=O)(=O)O)c(C)c2)ccc1NN=C1C=CC(=O)C=C1. The predicted molar refractivity (Wildman–Crippen MR) is 209 cm³/mol. The molecule has 0 heterocycles. The van der Waals surface area contributed by atoms with Gasteiger partial charge in [-0.15, -0.1) is 5.11 Å². The van der Waals surface area contributed by atoms with Gasteiger partial charge in [-0.2, -0.15) is 32.2 Å². The van der Waals surface area contributed by atoms with E-state index in [2.05, 4.69) is 31.3 Å². The van der Waals surface area contributed by atoms with Crippen LogP contribution in [0.5, 0.6) is 0 Å². The highest BCUT2D eigenvalue weighted by Gasteiger charge is 2.37. The number of carbonyl (C=O) groups is 2. The number of non-ortho nitro benzene ring substituents is 1. The molecule has 0 fully saturated rings. The third-order valence-corrected chi connectivity index (χ3v) is 10.1. The van der Waals surface area contributed by atoms with Gasteiger partial charge in [-0.05, 0) is 115 Å². The van der Waals surface area contributed by atoms with Gasteiger partial charge in [0.15, 0.2) is 11.5 Å². The van der Waals surface area contributed by atoms with Crippen molar-refractivity contribution in [3.8, 4) is 11.1 Å². The number of hydrazone groups is 2. The monoisotopic (exact) mass is 796 g/mol. The average Bonchev–Trinajstić information content (AvgIpc) is 3.13. The van der Waals surface area contributed by atoms with Crippen LogP contribution in [0.1, 0.15) is 27.0 Å². The topological polar surface area (TPSA) is 286 Å². The minimum atomic E-state index is -5.16. The molecule has 0 unspecified atom stereocenters. The third kappa shape index (κ3) is 8.22. The van der Waals surface area contributed by atoms with Crippen LogP contribution in [-0.2, 0) is 25.0 Å². The number of fused-ring (bicyclic) bond motifs is 1. The quantitative estimate of drug-likeness (QED) is 0.0287. The number of benzene rings is 4. The van der Waals surface area contributed by atoms with Crippen molar-refractivity contribution in [2.45, 2.75) is 18.7 Å². The van der Waals surface area contributed by atoms with Crippen LogP contribution in [-0.4, -0.2) is 53.9 Å². The minimum Gasteiger partial charge on any atom is -0.396 e. The highest BCUT2D eigenvalue weighted by molar-refractivity contribution is 7.91. The van der Waals surface area contributed by atoms with Crippen molar-refractivity contribution in [3.05, 3.63) is 128 Å². The molecule has 4 aromatic rings. The second-order valence-electron chi connectivity index (χ2n) is 12.2. The summed E-state index contributed by atoms with van der Waals surface area (Å²) in [5.41, 5.74) is 13.4. The fourth-order valence-electron chi connectivity index (χ4n) is 5.55. The number of nitrogens with zero attached hydrogens (tertiary/aromatic N) is 5. The van der Waals surface area contributed by atoms with E-state index >= 15 is 0 Å². The van der Waals surface area contributed by atoms with Gasteiger partial charge >= 0.3 is 0 Å². The highest BCUT2D eigenvalue weighted by Crippen LogP contribution is 2.41. The number of allylic oxidation sites excluding steroid dienone is 5. The Labute approximate surface area is 318 Å². The number of nitro groups is 1. The zero-order valence-electron chi connectivity index (χ0n) is 29.0. The van der Waals surface area contributed by atoms with Gasteiger partial charge in [0.05, 0.1) is 38.9 Å². The van der Waals surface area contributed by atoms with E-state index in [-0.39, 0.29) is 17.2 Å². The van der Waals surface area contributed by atoms with Gasteiger partial charge in [-0.25, -0.2) is 0 Å². The van der Waals surface area contributed by atoms with Gasteiger partial charge in [0.25, 0.3) is 25.9 Å². The molecule has 18 nitrogen and oxygen atoms in total. The standard InChI is InChI=1S/C36H28N8O10S2/c1-19-15-21(3-13-28(19)40-38-25-7-11-27(45)12-8-25)22-4-14-29(20(2)16-22)41-43-35-31(56(52,53)54)18-23-17-30(55(49,50)51)34(33(37)32(23)36(35)46)42-39-24-5-9-26(10-6-24)44(47)48/h3-18,40-41H,37H2,1-2H3,(H,49,50,51)(H,52,53,54). The number of anilines is 3. The van der Waals surface area contributed by atoms with Crippen molar-refractivity contribution in [1.29, 1.82) is 0 Å². The summed E-state index contributed by atoms with van der Waals surface area (Å²) in [6.07, 6.45) is 6.79. The van der Waals surface area contributed by atoms with Gasteiger partial charge < -0.3 is 5.73 Å². The molecule has 2 aliphatic rings.